The molecule has 2 aromatic rings. The number of piperidine rings is 1. The van der Waals surface area contributed by atoms with Crippen molar-refractivity contribution in [2.24, 2.45) is 5.92 Å². The van der Waals surface area contributed by atoms with Gasteiger partial charge in [0.25, 0.3) is 0 Å². The van der Waals surface area contributed by atoms with Crippen molar-refractivity contribution < 1.29 is 22.5 Å². The van der Waals surface area contributed by atoms with Gasteiger partial charge in [0.1, 0.15) is 5.69 Å². The highest BCUT2D eigenvalue weighted by atomic mass is 32.2. The number of hydrogen-bond donors (Lipinski definition) is 1. The van der Waals surface area contributed by atoms with Gasteiger partial charge in [0.05, 0.1) is 12.0 Å². The Morgan fingerprint density at radius 1 is 1.35 bits per heavy atom. The van der Waals surface area contributed by atoms with Gasteiger partial charge < -0.3 is 14.6 Å². The lowest BCUT2D eigenvalue weighted by Gasteiger charge is -2.31. The van der Waals surface area contributed by atoms with Gasteiger partial charge in [-0.15, -0.1) is 11.3 Å². The van der Waals surface area contributed by atoms with Crippen LogP contribution in [-0.4, -0.2) is 56.1 Å². The number of aryl methyl sites for hydroxylation is 1. The van der Waals surface area contributed by atoms with Gasteiger partial charge in [0, 0.05) is 31.1 Å². The predicted octanol–water partition coefficient (Wildman–Crippen LogP) is 2.91. The molecule has 2 saturated heterocycles. The van der Waals surface area contributed by atoms with Crippen molar-refractivity contribution in [3.8, 4) is 0 Å². The van der Waals surface area contributed by atoms with E-state index < -0.39 is 10.0 Å². The summed E-state index contributed by atoms with van der Waals surface area (Å²) in [5.74, 6) is -0.290. The molecule has 1 N–H and O–H groups in total. The molecule has 4 rings (SSSR count). The lowest BCUT2D eigenvalue weighted by atomic mass is 9.99. The second-order valence-corrected chi connectivity index (χ2v) is 10.7. The first-order valence-electron chi connectivity index (χ1n) is 10.5. The van der Waals surface area contributed by atoms with Gasteiger partial charge in [-0.1, -0.05) is 11.2 Å². The monoisotopic (exact) mass is 465 g/mol. The molecule has 10 heteroatoms. The first kappa shape index (κ1) is 22.2. The van der Waals surface area contributed by atoms with Crippen LogP contribution in [0.25, 0.3) is 12.2 Å². The molecule has 1 amide bonds. The fraction of sp³-hybridized carbons (Fsp3) is 0.524. The summed E-state index contributed by atoms with van der Waals surface area (Å²) in [6.45, 7) is 3.35. The Morgan fingerprint density at radius 3 is 2.97 bits per heavy atom. The molecule has 0 aromatic carbocycles. The van der Waals surface area contributed by atoms with Crippen LogP contribution < -0.4 is 5.32 Å². The van der Waals surface area contributed by atoms with Crippen LogP contribution in [0.2, 0.25) is 0 Å². The van der Waals surface area contributed by atoms with Gasteiger partial charge in [-0.05, 0) is 56.2 Å². The van der Waals surface area contributed by atoms with Crippen LogP contribution in [0.5, 0.6) is 0 Å². The molecule has 0 saturated carbocycles. The number of amides is 1. The van der Waals surface area contributed by atoms with E-state index >= 15 is 0 Å². The third-order valence-electron chi connectivity index (χ3n) is 5.66. The van der Waals surface area contributed by atoms with E-state index in [0.29, 0.717) is 31.6 Å². The van der Waals surface area contributed by atoms with Crippen LogP contribution in [0.15, 0.2) is 26.9 Å². The number of nitrogens with one attached hydrogen (secondary N) is 1. The molecule has 2 atom stereocenters. The van der Waals surface area contributed by atoms with Gasteiger partial charge in [-0.3, -0.25) is 4.79 Å². The minimum atomic E-state index is -3.84. The summed E-state index contributed by atoms with van der Waals surface area (Å²) in [5, 5.41) is 8.76. The maximum atomic E-state index is 13.4. The molecule has 2 aromatic heterocycles. The Hall–Kier alpha value is -2.01. The summed E-state index contributed by atoms with van der Waals surface area (Å²) >= 11 is 1.55. The number of rotatable bonds is 7. The van der Waals surface area contributed by atoms with E-state index in [2.05, 4.69) is 10.5 Å². The SMILES string of the molecule is Cc1noc(C=Cc2cccs2)c1S(=O)(=O)N1CCCC(C(=O)NCC2CCCO2)C1. The molecule has 168 valence electrons. The number of hydrogen-bond acceptors (Lipinski definition) is 7. The van der Waals surface area contributed by atoms with Crippen LogP contribution in [0, 0.1) is 12.8 Å². The van der Waals surface area contributed by atoms with E-state index in [1.165, 1.54) is 4.31 Å². The lowest BCUT2D eigenvalue weighted by Crippen LogP contribution is -2.46. The van der Waals surface area contributed by atoms with Crippen molar-refractivity contribution in [2.45, 2.75) is 43.6 Å². The number of nitrogens with zero attached hydrogens (tertiary/aromatic N) is 2. The van der Waals surface area contributed by atoms with E-state index in [0.717, 1.165) is 24.3 Å². The molecule has 0 radical (unpaired) electrons. The quantitative estimate of drug-likeness (QED) is 0.675. The average Bonchev–Trinajstić information content (AvgIpc) is 3.53. The van der Waals surface area contributed by atoms with Gasteiger partial charge in [0.15, 0.2) is 10.7 Å². The minimum Gasteiger partial charge on any atom is -0.376 e. The smallest absolute Gasteiger partial charge is 0.248 e. The van der Waals surface area contributed by atoms with Crippen molar-refractivity contribution in [2.75, 3.05) is 26.2 Å². The lowest BCUT2D eigenvalue weighted by molar-refractivity contribution is -0.126. The number of carbonyl (C=O) groups excluding carboxylic acids is 1. The highest BCUT2D eigenvalue weighted by Gasteiger charge is 2.37. The zero-order chi connectivity index (χ0) is 21.8. The number of ether oxygens (including phenoxy) is 1. The van der Waals surface area contributed by atoms with Crippen molar-refractivity contribution in [3.63, 3.8) is 0 Å². The zero-order valence-corrected chi connectivity index (χ0v) is 19.1. The molecule has 2 aliphatic heterocycles. The second kappa shape index (κ2) is 9.64. The molecule has 0 spiro atoms. The molecule has 8 nitrogen and oxygen atoms in total. The Morgan fingerprint density at radius 2 is 2.23 bits per heavy atom. The fourth-order valence-electron chi connectivity index (χ4n) is 4.01. The number of sulfonamides is 1. The van der Waals surface area contributed by atoms with E-state index in [4.69, 9.17) is 9.26 Å². The number of thiophene rings is 1. The molecule has 2 aliphatic rings. The third-order valence-corrected chi connectivity index (χ3v) is 8.52. The summed E-state index contributed by atoms with van der Waals surface area (Å²) in [6.07, 6.45) is 6.75. The van der Waals surface area contributed by atoms with Gasteiger partial charge in [0.2, 0.25) is 15.9 Å². The normalized spacial score (nSPS) is 22.9. The van der Waals surface area contributed by atoms with Crippen LogP contribution in [-0.2, 0) is 19.6 Å². The van der Waals surface area contributed by atoms with Crippen molar-refractivity contribution in [1.29, 1.82) is 0 Å². The Balaban J connectivity index is 1.47. The zero-order valence-electron chi connectivity index (χ0n) is 17.5. The first-order chi connectivity index (χ1) is 14.9. The Kier molecular flexibility index (Phi) is 6.90. The predicted molar refractivity (Wildman–Crippen MR) is 118 cm³/mol. The number of aromatic nitrogens is 1. The fourth-order valence-corrected chi connectivity index (χ4v) is 6.40. The highest BCUT2D eigenvalue weighted by Crippen LogP contribution is 2.29. The summed E-state index contributed by atoms with van der Waals surface area (Å²) in [4.78, 5) is 13.7. The largest absolute Gasteiger partial charge is 0.376 e. The Labute approximate surface area is 186 Å². The highest BCUT2D eigenvalue weighted by molar-refractivity contribution is 7.89. The molecule has 0 aliphatic carbocycles. The Bertz CT molecular complexity index is 1020. The second-order valence-electron chi connectivity index (χ2n) is 7.89. The first-order valence-corrected chi connectivity index (χ1v) is 12.8. The van der Waals surface area contributed by atoms with Gasteiger partial charge in [-0.25, -0.2) is 8.42 Å². The third kappa shape index (κ3) is 5.08. The molecule has 2 fully saturated rings. The summed E-state index contributed by atoms with van der Waals surface area (Å²) < 4.78 is 39.1. The molecule has 0 bridgehead atoms. The van der Waals surface area contributed by atoms with E-state index in [1.54, 1.807) is 30.4 Å². The van der Waals surface area contributed by atoms with Crippen LogP contribution in [0.3, 0.4) is 0 Å². The van der Waals surface area contributed by atoms with Crippen LogP contribution in [0.4, 0.5) is 0 Å². The van der Waals surface area contributed by atoms with Crippen molar-refractivity contribution in [3.05, 3.63) is 33.8 Å². The molecule has 31 heavy (non-hydrogen) atoms. The van der Waals surface area contributed by atoms with E-state index in [-0.39, 0.29) is 35.1 Å². The van der Waals surface area contributed by atoms with E-state index in [1.807, 2.05) is 17.5 Å². The maximum Gasteiger partial charge on any atom is 0.248 e. The summed E-state index contributed by atoms with van der Waals surface area (Å²) in [7, 11) is -3.84. The van der Waals surface area contributed by atoms with Crippen LogP contribution >= 0.6 is 11.3 Å². The topological polar surface area (TPSA) is 102 Å². The molecule has 4 heterocycles. The average molecular weight is 466 g/mol. The standard InChI is InChI=1S/C21H27N3O5S2/c1-15-20(19(29-23-15)9-8-18-7-4-12-30-18)31(26,27)24-10-2-5-16(14-24)21(25)22-13-17-6-3-11-28-17/h4,7-9,12,16-17H,2-3,5-6,10-11,13-14H2,1H3,(H,22,25). The summed E-state index contributed by atoms with van der Waals surface area (Å²) in [5.41, 5.74) is 0.316. The van der Waals surface area contributed by atoms with Gasteiger partial charge >= 0.3 is 0 Å². The van der Waals surface area contributed by atoms with Gasteiger partial charge in [-0.2, -0.15) is 4.31 Å². The maximum absolute atomic E-state index is 13.4. The molecular formula is C21H27N3O5S2. The number of carbonyl (C=O) groups is 1. The molecule has 2 unspecified atom stereocenters. The van der Waals surface area contributed by atoms with Crippen molar-refractivity contribution >= 4 is 39.4 Å². The molecular weight excluding hydrogens is 438 g/mol. The van der Waals surface area contributed by atoms with E-state index in [9.17, 15) is 13.2 Å². The van der Waals surface area contributed by atoms with Crippen molar-refractivity contribution in [1.82, 2.24) is 14.8 Å². The summed E-state index contributed by atoms with van der Waals surface area (Å²) in [6, 6.07) is 3.86. The minimum absolute atomic E-state index is 0.0599. The van der Waals surface area contributed by atoms with Crippen LogP contribution in [0.1, 0.15) is 42.0 Å².